The summed E-state index contributed by atoms with van der Waals surface area (Å²) in [4.78, 5) is 14.3. The molecule has 1 N–H and O–H groups in total. The quantitative estimate of drug-likeness (QED) is 0.789. The SMILES string of the molecule is CCCCN(C)C(=O)c1ccccc1NS(=O)(=O)c1ccc(Cl)cc1. The Morgan fingerprint density at radius 1 is 1.12 bits per heavy atom. The summed E-state index contributed by atoms with van der Waals surface area (Å²) in [6, 6.07) is 12.4. The molecule has 1 amide bonds. The van der Waals surface area contributed by atoms with Crippen LogP contribution in [0, 0.1) is 0 Å². The van der Waals surface area contributed by atoms with E-state index in [4.69, 9.17) is 11.6 Å². The van der Waals surface area contributed by atoms with Gasteiger partial charge in [-0.1, -0.05) is 37.1 Å². The molecule has 0 saturated carbocycles. The predicted octanol–water partition coefficient (Wildman–Crippen LogP) is 4.01. The van der Waals surface area contributed by atoms with E-state index < -0.39 is 10.0 Å². The molecule has 5 nitrogen and oxygen atoms in total. The minimum atomic E-state index is -3.81. The molecule has 2 aromatic carbocycles. The molecule has 0 aliphatic heterocycles. The van der Waals surface area contributed by atoms with Gasteiger partial charge < -0.3 is 4.90 Å². The lowest BCUT2D eigenvalue weighted by Gasteiger charge is -2.19. The van der Waals surface area contributed by atoms with E-state index in [1.807, 2.05) is 6.92 Å². The second-order valence-corrected chi connectivity index (χ2v) is 7.80. The highest BCUT2D eigenvalue weighted by atomic mass is 35.5. The molecule has 134 valence electrons. The van der Waals surface area contributed by atoms with Gasteiger partial charge in [-0.3, -0.25) is 9.52 Å². The Kier molecular flexibility index (Phi) is 6.45. The lowest BCUT2D eigenvalue weighted by Crippen LogP contribution is -2.28. The molecule has 2 rings (SSSR count). The Bertz CT molecular complexity index is 836. The zero-order valence-corrected chi connectivity index (χ0v) is 15.8. The second-order valence-electron chi connectivity index (χ2n) is 5.69. The number of hydrogen-bond acceptors (Lipinski definition) is 3. The van der Waals surface area contributed by atoms with E-state index >= 15 is 0 Å². The van der Waals surface area contributed by atoms with Gasteiger partial charge in [-0.15, -0.1) is 0 Å². The number of nitrogens with one attached hydrogen (secondary N) is 1. The minimum Gasteiger partial charge on any atom is -0.342 e. The highest BCUT2D eigenvalue weighted by molar-refractivity contribution is 7.92. The van der Waals surface area contributed by atoms with Gasteiger partial charge in [0.05, 0.1) is 16.1 Å². The van der Waals surface area contributed by atoms with Gasteiger partial charge in [-0.25, -0.2) is 8.42 Å². The third-order valence-corrected chi connectivity index (χ3v) is 5.35. The first kappa shape index (κ1) is 19.3. The minimum absolute atomic E-state index is 0.0819. The summed E-state index contributed by atoms with van der Waals surface area (Å²) in [7, 11) is -2.10. The maximum absolute atomic E-state index is 12.6. The third kappa shape index (κ3) is 4.96. The highest BCUT2D eigenvalue weighted by Gasteiger charge is 2.20. The van der Waals surface area contributed by atoms with Crippen molar-refractivity contribution in [1.29, 1.82) is 0 Å². The van der Waals surface area contributed by atoms with E-state index in [-0.39, 0.29) is 16.5 Å². The summed E-state index contributed by atoms with van der Waals surface area (Å²) in [5, 5.41) is 0.451. The molecule has 2 aromatic rings. The van der Waals surface area contributed by atoms with Crippen molar-refractivity contribution in [3.8, 4) is 0 Å². The van der Waals surface area contributed by atoms with Crippen LogP contribution >= 0.6 is 11.6 Å². The fourth-order valence-corrected chi connectivity index (χ4v) is 3.48. The van der Waals surface area contributed by atoms with Crippen LogP contribution in [0.25, 0.3) is 0 Å². The largest absolute Gasteiger partial charge is 0.342 e. The van der Waals surface area contributed by atoms with Gasteiger partial charge in [-0.05, 0) is 42.8 Å². The molecule has 0 aromatic heterocycles. The number of nitrogens with zero attached hydrogens (tertiary/aromatic N) is 1. The molecule has 0 saturated heterocycles. The van der Waals surface area contributed by atoms with E-state index in [0.29, 0.717) is 17.1 Å². The molecule has 0 bridgehead atoms. The number of anilines is 1. The number of rotatable bonds is 7. The van der Waals surface area contributed by atoms with Gasteiger partial charge in [0.15, 0.2) is 0 Å². The van der Waals surface area contributed by atoms with E-state index in [1.165, 1.54) is 24.3 Å². The van der Waals surface area contributed by atoms with Crippen LogP contribution in [0.1, 0.15) is 30.1 Å². The topological polar surface area (TPSA) is 66.5 Å². The number of carbonyl (C=O) groups excluding carboxylic acids is 1. The molecule has 0 radical (unpaired) electrons. The average molecular weight is 381 g/mol. The van der Waals surface area contributed by atoms with Crippen molar-refractivity contribution in [3.05, 3.63) is 59.1 Å². The Morgan fingerprint density at radius 3 is 2.40 bits per heavy atom. The van der Waals surface area contributed by atoms with E-state index in [2.05, 4.69) is 4.72 Å². The third-order valence-electron chi connectivity index (χ3n) is 3.72. The van der Waals surface area contributed by atoms with E-state index in [0.717, 1.165) is 12.8 Å². The Labute approximate surface area is 153 Å². The molecular formula is C18H21ClN2O3S. The fourth-order valence-electron chi connectivity index (χ4n) is 2.28. The number of sulfonamides is 1. The fraction of sp³-hybridized carbons (Fsp3) is 0.278. The summed E-state index contributed by atoms with van der Waals surface area (Å²) >= 11 is 5.80. The summed E-state index contributed by atoms with van der Waals surface area (Å²) < 4.78 is 27.6. The van der Waals surface area contributed by atoms with Crippen LogP contribution < -0.4 is 4.72 Å². The number of halogens is 1. The standard InChI is InChI=1S/C18H21ClN2O3S/c1-3-4-13-21(2)18(22)16-7-5-6-8-17(16)20-25(23,24)15-11-9-14(19)10-12-15/h5-12,20H,3-4,13H2,1-2H3. The van der Waals surface area contributed by atoms with Crippen molar-refractivity contribution in [2.24, 2.45) is 0 Å². The Balaban J connectivity index is 2.28. The first-order valence-electron chi connectivity index (χ1n) is 7.98. The first-order chi connectivity index (χ1) is 11.8. The van der Waals surface area contributed by atoms with Crippen molar-refractivity contribution < 1.29 is 13.2 Å². The lowest BCUT2D eigenvalue weighted by atomic mass is 10.1. The predicted molar refractivity (Wildman–Crippen MR) is 101 cm³/mol. The van der Waals surface area contributed by atoms with E-state index in [1.54, 1.807) is 36.2 Å². The molecule has 0 unspecified atom stereocenters. The molecule has 0 fully saturated rings. The normalized spacial score (nSPS) is 11.2. The monoisotopic (exact) mass is 380 g/mol. The smallest absolute Gasteiger partial charge is 0.261 e. The van der Waals surface area contributed by atoms with E-state index in [9.17, 15) is 13.2 Å². The summed E-state index contributed by atoms with van der Waals surface area (Å²) in [5.74, 6) is -0.220. The summed E-state index contributed by atoms with van der Waals surface area (Å²) in [6.07, 6.45) is 1.86. The maximum Gasteiger partial charge on any atom is 0.261 e. The van der Waals surface area contributed by atoms with Crippen molar-refractivity contribution in [1.82, 2.24) is 4.90 Å². The summed E-state index contributed by atoms with van der Waals surface area (Å²) in [6.45, 7) is 2.67. The van der Waals surface area contributed by atoms with Gasteiger partial charge in [0, 0.05) is 18.6 Å². The zero-order valence-electron chi connectivity index (χ0n) is 14.2. The summed E-state index contributed by atoms with van der Waals surface area (Å²) in [5.41, 5.74) is 0.574. The van der Waals surface area contributed by atoms with Crippen molar-refractivity contribution in [2.75, 3.05) is 18.3 Å². The van der Waals surface area contributed by atoms with Crippen LogP contribution in [-0.4, -0.2) is 32.8 Å². The molecule has 0 aliphatic carbocycles. The van der Waals surface area contributed by atoms with Crippen LogP contribution in [0.4, 0.5) is 5.69 Å². The molecule has 25 heavy (non-hydrogen) atoms. The second kappa shape index (κ2) is 8.36. The molecule has 0 atom stereocenters. The average Bonchev–Trinajstić information content (AvgIpc) is 2.59. The van der Waals surface area contributed by atoms with Crippen molar-refractivity contribution >= 4 is 33.2 Å². The van der Waals surface area contributed by atoms with Crippen LogP contribution in [0.3, 0.4) is 0 Å². The van der Waals surface area contributed by atoms with Gasteiger partial charge >= 0.3 is 0 Å². The van der Waals surface area contributed by atoms with Crippen LogP contribution in [0.15, 0.2) is 53.4 Å². The van der Waals surface area contributed by atoms with Crippen LogP contribution in [-0.2, 0) is 10.0 Å². The lowest BCUT2D eigenvalue weighted by molar-refractivity contribution is 0.0794. The molecule has 7 heteroatoms. The number of unbranched alkanes of at least 4 members (excludes halogenated alkanes) is 1. The molecule has 0 aliphatic rings. The molecular weight excluding hydrogens is 360 g/mol. The number of benzene rings is 2. The molecule has 0 heterocycles. The van der Waals surface area contributed by atoms with Gasteiger partial charge in [-0.2, -0.15) is 0 Å². The van der Waals surface area contributed by atoms with Crippen molar-refractivity contribution in [2.45, 2.75) is 24.7 Å². The zero-order chi connectivity index (χ0) is 18.4. The van der Waals surface area contributed by atoms with Gasteiger partial charge in [0.25, 0.3) is 15.9 Å². The van der Waals surface area contributed by atoms with Gasteiger partial charge in [0.2, 0.25) is 0 Å². The Morgan fingerprint density at radius 2 is 1.76 bits per heavy atom. The molecule has 0 spiro atoms. The number of para-hydroxylation sites is 1. The Hall–Kier alpha value is -2.05. The first-order valence-corrected chi connectivity index (χ1v) is 9.84. The van der Waals surface area contributed by atoms with Gasteiger partial charge in [0.1, 0.15) is 0 Å². The number of carbonyl (C=O) groups is 1. The number of hydrogen-bond donors (Lipinski definition) is 1. The van der Waals surface area contributed by atoms with Crippen LogP contribution in [0.2, 0.25) is 5.02 Å². The number of amides is 1. The van der Waals surface area contributed by atoms with Crippen molar-refractivity contribution in [3.63, 3.8) is 0 Å². The maximum atomic E-state index is 12.6. The van der Waals surface area contributed by atoms with Crippen LogP contribution in [0.5, 0.6) is 0 Å². The highest BCUT2D eigenvalue weighted by Crippen LogP contribution is 2.22.